The molecule has 1 unspecified atom stereocenters. The van der Waals surface area contributed by atoms with Crippen LogP contribution >= 0.6 is 0 Å². The molecule has 0 aromatic heterocycles. The molecule has 1 aliphatic rings. The van der Waals surface area contributed by atoms with Crippen LogP contribution in [0.2, 0.25) is 0 Å². The number of aldehydes is 1. The molecule has 0 amide bonds. The molecule has 1 heterocycles. The molecule has 1 saturated heterocycles. The lowest BCUT2D eigenvalue weighted by Crippen LogP contribution is -2.58. The molecule has 18 nitrogen and oxygen atoms in total. The van der Waals surface area contributed by atoms with Crippen molar-refractivity contribution < 1.29 is 85.8 Å². The molecule has 18 heteroatoms. The Hall–Kier alpha value is -5.39. The van der Waals surface area contributed by atoms with E-state index in [9.17, 15) is 43.2 Å². The third kappa shape index (κ3) is 21.2. The maximum atomic E-state index is 13.0. The van der Waals surface area contributed by atoms with Crippen molar-refractivity contribution in [1.29, 1.82) is 0 Å². The van der Waals surface area contributed by atoms with Crippen molar-refractivity contribution in [2.24, 2.45) is 0 Å². The molecule has 1 fully saturated rings. The van der Waals surface area contributed by atoms with Crippen molar-refractivity contribution in [3.05, 3.63) is 38.0 Å². The minimum Gasteiger partial charge on any atom is -0.463 e. The number of unbranched alkanes of at least 4 members (excludes halogenated alkanes) is 4. The maximum absolute atomic E-state index is 13.0. The number of hydrogen-bond acceptors (Lipinski definition) is 18. The zero-order chi connectivity index (χ0) is 40.1. The van der Waals surface area contributed by atoms with Gasteiger partial charge in [-0.25, -0.2) is 19.2 Å². The van der Waals surface area contributed by atoms with Crippen LogP contribution in [0.25, 0.3) is 0 Å². The van der Waals surface area contributed by atoms with Gasteiger partial charge in [0.1, 0.15) is 0 Å². The van der Waals surface area contributed by atoms with Gasteiger partial charge < -0.3 is 42.6 Å². The molecule has 0 aromatic carbocycles. The van der Waals surface area contributed by atoms with Gasteiger partial charge >= 0.3 is 47.8 Å². The summed E-state index contributed by atoms with van der Waals surface area (Å²) >= 11 is 0. The van der Waals surface area contributed by atoms with Gasteiger partial charge in [-0.1, -0.05) is 19.7 Å². The molecule has 0 spiro atoms. The van der Waals surface area contributed by atoms with E-state index < -0.39 is 79.0 Å². The third-order valence-electron chi connectivity index (χ3n) is 7.12. The second-order valence-electron chi connectivity index (χ2n) is 11.4. The van der Waals surface area contributed by atoms with E-state index in [2.05, 4.69) is 24.5 Å². The number of carbonyl (C=O) groups excluding carboxylic acids is 9. The lowest BCUT2D eigenvalue weighted by molar-refractivity contribution is -0.275. The third-order valence-corrected chi connectivity index (χ3v) is 7.12. The molecule has 1 rings (SSSR count). The topological polar surface area (TPSA) is 237 Å². The van der Waals surface area contributed by atoms with Crippen molar-refractivity contribution in [2.75, 3.05) is 33.0 Å². The normalized spacial score (nSPS) is 17.3. The Morgan fingerprint density at radius 2 is 0.833 bits per heavy atom. The van der Waals surface area contributed by atoms with E-state index in [0.29, 0.717) is 12.8 Å². The fourth-order valence-corrected chi connectivity index (χ4v) is 4.44. The number of carbonyl (C=O) groups is 9. The van der Waals surface area contributed by atoms with E-state index in [4.69, 9.17) is 37.9 Å². The lowest BCUT2D eigenvalue weighted by atomic mass is 10.0. The summed E-state index contributed by atoms with van der Waals surface area (Å²) in [4.78, 5) is 107. The largest absolute Gasteiger partial charge is 0.463 e. The van der Waals surface area contributed by atoms with Crippen LogP contribution in [0.1, 0.15) is 77.0 Å². The Morgan fingerprint density at radius 3 is 1.22 bits per heavy atom. The summed E-state index contributed by atoms with van der Waals surface area (Å²) in [5.41, 5.74) is 0. The molecule has 4 atom stereocenters. The molecule has 0 bridgehead atoms. The van der Waals surface area contributed by atoms with Gasteiger partial charge in [0.2, 0.25) is 18.7 Å². The second kappa shape index (κ2) is 28.2. The van der Waals surface area contributed by atoms with Crippen LogP contribution in [-0.2, 0) is 85.8 Å². The van der Waals surface area contributed by atoms with Gasteiger partial charge in [0.15, 0.2) is 12.2 Å². The maximum Gasteiger partial charge on any atom is 0.371 e. The van der Waals surface area contributed by atoms with Gasteiger partial charge in [0.05, 0.1) is 33.0 Å². The zero-order valence-corrected chi connectivity index (χ0v) is 30.1. The highest BCUT2D eigenvalue weighted by Gasteiger charge is 2.49. The van der Waals surface area contributed by atoms with E-state index in [1.165, 1.54) is 0 Å². The fraction of sp³-hybridized carbons (Fsp3) is 0.583. The van der Waals surface area contributed by atoms with Crippen molar-refractivity contribution in [3.8, 4) is 0 Å². The van der Waals surface area contributed by atoms with E-state index in [1.54, 1.807) is 0 Å². The molecule has 300 valence electrons. The molecular formula is C36H48O18. The van der Waals surface area contributed by atoms with Crippen LogP contribution in [0.4, 0.5) is 0 Å². The van der Waals surface area contributed by atoms with E-state index in [-0.39, 0.29) is 96.9 Å². The zero-order valence-electron chi connectivity index (χ0n) is 30.1. The first kappa shape index (κ1) is 46.6. The first-order valence-electron chi connectivity index (χ1n) is 17.3. The summed E-state index contributed by atoms with van der Waals surface area (Å²) < 4.78 is 47.4. The van der Waals surface area contributed by atoms with Gasteiger partial charge in [0.25, 0.3) is 0 Å². The van der Waals surface area contributed by atoms with Crippen LogP contribution in [0.15, 0.2) is 38.0 Å². The van der Waals surface area contributed by atoms with Crippen LogP contribution in [0.5, 0.6) is 0 Å². The molecule has 0 aromatic rings. The SMILES string of the molecule is C=CC(=O)OCCCCC(=O)OC1OC[C@@H](OC(=O)CCCCOC(=O)C=C)[C@H](OC(=O)CCCCOC(=O)C=C)[C@H]1OC(=O)CCCCOC(=O)C=O. The Bertz CT molecular complexity index is 1210. The van der Waals surface area contributed by atoms with E-state index in [1.807, 2.05) is 0 Å². The van der Waals surface area contributed by atoms with E-state index >= 15 is 0 Å². The summed E-state index contributed by atoms with van der Waals surface area (Å²) in [5.74, 6) is -6.15. The van der Waals surface area contributed by atoms with Crippen molar-refractivity contribution in [1.82, 2.24) is 0 Å². The molecule has 0 aliphatic carbocycles. The van der Waals surface area contributed by atoms with E-state index in [0.717, 1.165) is 18.2 Å². The standard InChI is InChI=1S/C36H48O18/c1-4-26(38)46-19-11-7-15-29(41)51-25-24-50-36(54-32(44)18-10-13-21-48-28(40)6-3)35(53-31(43)17-9-14-22-49-33(45)23-37)34(25)52-30(42)16-8-12-20-47-27(39)5-2/h4-6,23,25,34-36H,1-3,7-22,24H2/t25-,34+,35-,36?/m1/s1. The quantitative estimate of drug-likeness (QED) is 0.0277. The van der Waals surface area contributed by atoms with Crippen LogP contribution < -0.4 is 0 Å². The van der Waals surface area contributed by atoms with Gasteiger partial charge in [-0.3, -0.25) is 24.0 Å². The summed E-state index contributed by atoms with van der Waals surface area (Å²) in [5, 5.41) is 0. The predicted octanol–water partition coefficient (Wildman–Crippen LogP) is 2.23. The van der Waals surface area contributed by atoms with Crippen molar-refractivity contribution in [3.63, 3.8) is 0 Å². The molecular weight excluding hydrogens is 720 g/mol. The average Bonchev–Trinajstić information content (AvgIpc) is 3.15. The highest BCUT2D eigenvalue weighted by atomic mass is 16.7. The Kier molecular flexibility index (Phi) is 24.3. The summed E-state index contributed by atoms with van der Waals surface area (Å²) in [7, 11) is 0. The number of esters is 8. The first-order chi connectivity index (χ1) is 25.9. The van der Waals surface area contributed by atoms with Crippen LogP contribution in [0.3, 0.4) is 0 Å². The number of rotatable bonds is 28. The average molecular weight is 769 g/mol. The van der Waals surface area contributed by atoms with Crippen LogP contribution in [-0.4, -0.2) is 112 Å². The smallest absolute Gasteiger partial charge is 0.371 e. The van der Waals surface area contributed by atoms with Crippen molar-refractivity contribution >= 4 is 54.0 Å². The molecule has 1 aliphatic heterocycles. The predicted molar refractivity (Wildman–Crippen MR) is 181 cm³/mol. The highest BCUT2D eigenvalue weighted by molar-refractivity contribution is 6.20. The summed E-state index contributed by atoms with van der Waals surface area (Å²) in [6.45, 7) is 9.36. The van der Waals surface area contributed by atoms with Gasteiger partial charge in [-0.15, -0.1) is 0 Å². The Morgan fingerprint density at radius 1 is 0.481 bits per heavy atom. The molecule has 0 N–H and O–H groups in total. The number of ether oxygens (including phenoxy) is 9. The summed E-state index contributed by atoms with van der Waals surface area (Å²) in [6, 6.07) is 0. The van der Waals surface area contributed by atoms with Crippen molar-refractivity contribution in [2.45, 2.75) is 102 Å². The van der Waals surface area contributed by atoms with Gasteiger partial charge in [-0.2, -0.15) is 0 Å². The molecule has 0 saturated carbocycles. The van der Waals surface area contributed by atoms with Gasteiger partial charge in [0, 0.05) is 43.9 Å². The summed E-state index contributed by atoms with van der Waals surface area (Å²) in [6.07, 6.45) is -1.87. The van der Waals surface area contributed by atoms with Gasteiger partial charge in [-0.05, 0) is 51.4 Å². The number of hydrogen-bond donors (Lipinski definition) is 0. The fourth-order valence-electron chi connectivity index (χ4n) is 4.44. The first-order valence-corrected chi connectivity index (χ1v) is 17.3. The molecule has 54 heavy (non-hydrogen) atoms. The minimum absolute atomic E-state index is 0.000345. The Labute approximate surface area is 312 Å². The van der Waals surface area contributed by atoms with Crippen LogP contribution in [0, 0.1) is 0 Å². The second-order valence-corrected chi connectivity index (χ2v) is 11.4. The Balaban J connectivity index is 3.12. The minimum atomic E-state index is -1.62. The highest BCUT2D eigenvalue weighted by Crippen LogP contribution is 2.27. The lowest BCUT2D eigenvalue weighted by Gasteiger charge is -2.40. The molecule has 0 radical (unpaired) electrons. The monoisotopic (exact) mass is 768 g/mol.